The Bertz CT molecular complexity index is 933. The van der Waals surface area contributed by atoms with Gasteiger partial charge in [-0.2, -0.15) is 0 Å². The smallest absolute Gasteiger partial charge is 0.254 e. The van der Waals surface area contributed by atoms with E-state index in [1.807, 2.05) is 17.2 Å². The van der Waals surface area contributed by atoms with E-state index in [9.17, 15) is 4.79 Å². The van der Waals surface area contributed by atoms with Crippen LogP contribution in [0.25, 0.3) is 5.82 Å². The molecule has 0 unspecified atom stereocenters. The van der Waals surface area contributed by atoms with Crippen LogP contribution in [0.15, 0.2) is 74.0 Å². The Morgan fingerprint density at radius 1 is 1.31 bits per heavy atom. The van der Waals surface area contributed by atoms with Crippen molar-refractivity contribution in [1.82, 2.24) is 19.4 Å². The molecule has 0 N–H and O–H groups in total. The van der Waals surface area contributed by atoms with Crippen LogP contribution in [0.1, 0.15) is 33.9 Å². The van der Waals surface area contributed by atoms with Gasteiger partial charge in [-0.1, -0.05) is 30.3 Å². The van der Waals surface area contributed by atoms with E-state index >= 15 is 0 Å². The van der Waals surface area contributed by atoms with Crippen LogP contribution in [0, 0.1) is 0 Å². The van der Waals surface area contributed by atoms with Gasteiger partial charge in [-0.05, 0) is 36.1 Å². The van der Waals surface area contributed by atoms with Crippen molar-refractivity contribution in [3.63, 3.8) is 0 Å². The number of nitrogens with zero attached hydrogens (tertiary/aromatic N) is 4. The minimum Gasteiger partial charge on any atom is -0.328 e. The highest BCUT2D eigenvalue weighted by atomic mass is 16.2. The van der Waals surface area contributed by atoms with Gasteiger partial charge in [0, 0.05) is 30.7 Å². The number of amides is 1. The number of aryl methyl sites for hydroxylation is 1. The Morgan fingerprint density at radius 3 is 3.00 bits per heavy atom. The van der Waals surface area contributed by atoms with E-state index in [0.717, 1.165) is 12.8 Å². The molecule has 0 saturated heterocycles. The van der Waals surface area contributed by atoms with E-state index in [1.54, 1.807) is 41.5 Å². The van der Waals surface area contributed by atoms with Gasteiger partial charge >= 0.3 is 0 Å². The van der Waals surface area contributed by atoms with E-state index in [4.69, 9.17) is 0 Å². The van der Waals surface area contributed by atoms with Crippen molar-refractivity contribution < 1.29 is 4.79 Å². The molecular formula is C21H20N4O. The first-order valence-electron chi connectivity index (χ1n) is 8.72. The number of fused-ring (bicyclic) bond motifs is 1. The summed E-state index contributed by atoms with van der Waals surface area (Å²) in [5, 5.41) is 0. The lowest BCUT2D eigenvalue weighted by Crippen LogP contribution is -2.34. The molecule has 1 atom stereocenters. The zero-order chi connectivity index (χ0) is 17.9. The van der Waals surface area contributed by atoms with Crippen LogP contribution in [0.5, 0.6) is 0 Å². The number of imidazole rings is 1. The fourth-order valence-corrected chi connectivity index (χ4v) is 3.60. The summed E-state index contributed by atoms with van der Waals surface area (Å²) in [6.07, 6.45) is 10.6. The fraction of sp³-hybridized carbons (Fsp3) is 0.190. The van der Waals surface area contributed by atoms with E-state index in [-0.39, 0.29) is 11.9 Å². The van der Waals surface area contributed by atoms with Gasteiger partial charge in [0.15, 0.2) is 0 Å². The van der Waals surface area contributed by atoms with Gasteiger partial charge in [0.05, 0.1) is 6.04 Å². The van der Waals surface area contributed by atoms with Gasteiger partial charge in [0.2, 0.25) is 0 Å². The highest BCUT2D eigenvalue weighted by molar-refractivity contribution is 5.95. The van der Waals surface area contributed by atoms with Gasteiger partial charge in [0.25, 0.3) is 5.91 Å². The Hall–Kier alpha value is -3.21. The molecular weight excluding hydrogens is 324 g/mol. The molecule has 0 fully saturated rings. The predicted molar refractivity (Wildman–Crippen MR) is 100 cm³/mol. The molecule has 5 heteroatoms. The molecule has 1 aromatic carbocycles. The molecule has 0 spiro atoms. The summed E-state index contributed by atoms with van der Waals surface area (Å²) >= 11 is 0. The van der Waals surface area contributed by atoms with Crippen molar-refractivity contribution in [1.29, 1.82) is 0 Å². The predicted octanol–water partition coefficient (Wildman–Crippen LogP) is 3.58. The summed E-state index contributed by atoms with van der Waals surface area (Å²) in [5.74, 6) is 0.675. The first kappa shape index (κ1) is 16.3. The quantitative estimate of drug-likeness (QED) is 0.665. The van der Waals surface area contributed by atoms with Crippen molar-refractivity contribution in [2.75, 3.05) is 6.54 Å². The third-order valence-electron chi connectivity index (χ3n) is 4.83. The van der Waals surface area contributed by atoms with Crippen LogP contribution >= 0.6 is 0 Å². The number of hydrogen-bond donors (Lipinski definition) is 0. The lowest BCUT2D eigenvalue weighted by atomic mass is 10.1. The topological polar surface area (TPSA) is 51.0 Å². The number of carbonyl (C=O) groups is 1. The largest absolute Gasteiger partial charge is 0.328 e. The maximum atomic E-state index is 13.3. The number of rotatable bonds is 5. The average molecular weight is 344 g/mol. The van der Waals surface area contributed by atoms with E-state index < -0.39 is 0 Å². The molecule has 0 saturated carbocycles. The van der Waals surface area contributed by atoms with Crippen molar-refractivity contribution in [2.24, 2.45) is 0 Å². The van der Waals surface area contributed by atoms with Gasteiger partial charge in [-0.15, -0.1) is 6.58 Å². The zero-order valence-corrected chi connectivity index (χ0v) is 14.5. The van der Waals surface area contributed by atoms with E-state index in [0.29, 0.717) is 17.9 Å². The van der Waals surface area contributed by atoms with E-state index in [1.165, 1.54) is 11.1 Å². The van der Waals surface area contributed by atoms with E-state index in [2.05, 4.69) is 34.7 Å². The highest BCUT2D eigenvalue weighted by Gasteiger charge is 2.30. The van der Waals surface area contributed by atoms with Crippen LogP contribution < -0.4 is 0 Å². The number of hydrogen-bond acceptors (Lipinski definition) is 3. The second-order valence-corrected chi connectivity index (χ2v) is 6.37. The Kier molecular flexibility index (Phi) is 4.35. The SMILES string of the molecule is C=CCN(C(=O)c1ccnc(-n2ccnc2)c1)[C@@H]1CCc2ccccc21. The number of benzene rings is 1. The third-order valence-corrected chi connectivity index (χ3v) is 4.83. The van der Waals surface area contributed by atoms with Crippen LogP contribution in [-0.2, 0) is 6.42 Å². The molecule has 2 heterocycles. The number of aromatic nitrogens is 3. The van der Waals surface area contributed by atoms with Crippen molar-refractivity contribution in [3.05, 3.63) is 90.7 Å². The summed E-state index contributed by atoms with van der Waals surface area (Å²) in [7, 11) is 0. The molecule has 0 radical (unpaired) electrons. The lowest BCUT2D eigenvalue weighted by molar-refractivity contribution is 0.0701. The van der Waals surface area contributed by atoms with Gasteiger partial charge < -0.3 is 4.90 Å². The van der Waals surface area contributed by atoms with Crippen molar-refractivity contribution in [3.8, 4) is 5.82 Å². The third kappa shape index (κ3) is 2.92. The van der Waals surface area contributed by atoms with Gasteiger partial charge in [-0.25, -0.2) is 9.97 Å². The van der Waals surface area contributed by atoms with Crippen molar-refractivity contribution in [2.45, 2.75) is 18.9 Å². The van der Waals surface area contributed by atoms with Crippen LogP contribution in [0.4, 0.5) is 0 Å². The monoisotopic (exact) mass is 344 g/mol. The molecule has 1 aliphatic carbocycles. The molecule has 0 aliphatic heterocycles. The molecule has 4 rings (SSSR count). The Labute approximate surface area is 152 Å². The average Bonchev–Trinajstić information content (AvgIpc) is 3.36. The zero-order valence-electron chi connectivity index (χ0n) is 14.5. The molecule has 2 aromatic heterocycles. The van der Waals surface area contributed by atoms with Crippen LogP contribution in [0.3, 0.4) is 0 Å². The molecule has 26 heavy (non-hydrogen) atoms. The molecule has 3 aromatic rings. The van der Waals surface area contributed by atoms with Crippen molar-refractivity contribution >= 4 is 5.91 Å². The Morgan fingerprint density at radius 2 is 2.19 bits per heavy atom. The Balaban J connectivity index is 1.67. The summed E-state index contributed by atoms with van der Waals surface area (Å²) in [5.41, 5.74) is 3.19. The first-order valence-corrected chi connectivity index (χ1v) is 8.72. The second kappa shape index (κ2) is 6.96. The molecule has 1 aliphatic rings. The molecule has 5 nitrogen and oxygen atoms in total. The maximum absolute atomic E-state index is 13.3. The normalized spacial score (nSPS) is 15.5. The standard InChI is InChI=1S/C21H20N4O/c1-2-12-25(19-8-7-16-5-3-4-6-18(16)19)21(26)17-9-10-23-20(14-17)24-13-11-22-15-24/h2-6,9-11,13-15,19H,1,7-8,12H2/t19-/m1/s1. The minimum atomic E-state index is -0.00429. The summed E-state index contributed by atoms with van der Waals surface area (Å²) in [6.45, 7) is 4.36. The summed E-state index contributed by atoms with van der Waals surface area (Å²) in [4.78, 5) is 23.6. The lowest BCUT2D eigenvalue weighted by Gasteiger charge is -2.29. The molecule has 1 amide bonds. The highest BCUT2D eigenvalue weighted by Crippen LogP contribution is 2.36. The maximum Gasteiger partial charge on any atom is 0.254 e. The number of pyridine rings is 1. The van der Waals surface area contributed by atoms with Crippen LogP contribution in [-0.4, -0.2) is 31.9 Å². The molecule has 0 bridgehead atoms. The summed E-state index contributed by atoms with van der Waals surface area (Å²) in [6, 6.07) is 12.0. The fourth-order valence-electron chi connectivity index (χ4n) is 3.60. The van der Waals surface area contributed by atoms with Crippen LogP contribution in [0.2, 0.25) is 0 Å². The first-order chi connectivity index (χ1) is 12.8. The summed E-state index contributed by atoms with van der Waals surface area (Å²) < 4.78 is 1.79. The number of carbonyl (C=O) groups excluding carboxylic acids is 1. The minimum absolute atomic E-state index is 0.00429. The van der Waals surface area contributed by atoms with Gasteiger partial charge in [-0.3, -0.25) is 9.36 Å². The van der Waals surface area contributed by atoms with Gasteiger partial charge in [0.1, 0.15) is 12.1 Å². The molecule has 130 valence electrons. The second-order valence-electron chi connectivity index (χ2n) is 6.37.